The predicted molar refractivity (Wildman–Crippen MR) is 111 cm³/mol. The maximum atomic E-state index is 12.9. The summed E-state index contributed by atoms with van der Waals surface area (Å²) in [5.41, 5.74) is 2.80. The normalized spacial score (nSPS) is 15.6. The number of fused-ring (bicyclic) bond motifs is 1. The van der Waals surface area contributed by atoms with Gasteiger partial charge in [0.25, 0.3) is 5.91 Å². The van der Waals surface area contributed by atoms with Crippen molar-refractivity contribution in [3.63, 3.8) is 0 Å². The molecule has 3 aromatic carbocycles. The van der Waals surface area contributed by atoms with Crippen molar-refractivity contribution < 1.29 is 19.4 Å². The number of hydrogen-bond acceptors (Lipinski definition) is 4. The van der Waals surface area contributed by atoms with E-state index >= 15 is 0 Å². The highest BCUT2D eigenvalue weighted by molar-refractivity contribution is 5.99. The molecule has 0 fully saturated rings. The molecule has 0 aliphatic carbocycles. The SMILES string of the molecule is O=C1C(CCO)Oc2ccccc2N1Cc1cccc(OCc2ccccc2)c1. The minimum atomic E-state index is -0.674. The van der Waals surface area contributed by atoms with Gasteiger partial charge in [0.2, 0.25) is 0 Å². The number of rotatable bonds is 7. The van der Waals surface area contributed by atoms with Crippen molar-refractivity contribution in [2.45, 2.75) is 25.7 Å². The largest absolute Gasteiger partial charge is 0.489 e. The van der Waals surface area contributed by atoms with Crippen molar-refractivity contribution in [3.8, 4) is 11.5 Å². The van der Waals surface area contributed by atoms with Crippen LogP contribution in [0.25, 0.3) is 0 Å². The first-order chi connectivity index (χ1) is 14.2. The number of anilines is 1. The van der Waals surface area contributed by atoms with Crippen LogP contribution in [-0.2, 0) is 17.9 Å². The Balaban J connectivity index is 1.52. The second-order valence-electron chi connectivity index (χ2n) is 6.93. The van der Waals surface area contributed by atoms with Gasteiger partial charge in [0, 0.05) is 13.0 Å². The minimum Gasteiger partial charge on any atom is -0.489 e. The molecule has 3 aromatic rings. The average molecular weight is 389 g/mol. The van der Waals surface area contributed by atoms with E-state index < -0.39 is 6.10 Å². The van der Waals surface area contributed by atoms with Gasteiger partial charge in [-0.05, 0) is 35.4 Å². The van der Waals surface area contributed by atoms with Gasteiger partial charge in [0.1, 0.15) is 18.1 Å². The molecule has 1 unspecified atom stereocenters. The fourth-order valence-electron chi connectivity index (χ4n) is 3.40. The smallest absolute Gasteiger partial charge is 0.268 e. The monoisotopic (exact) mass is 389 g/mol. The number of ether oxygens (including phenoxy) is 2. The van der Waals surface area contributed by atoms with Gasteiger partial charge in [0.15, 0.2) is 6.10 Å². The molecule has 29 heavy (non-hydrogen) atoms. The number of benzene rings is 3. The molecular formula is C24H23NO4. The summed E-state index contributed by atoms with van der Waals surface area (Å²) >= 11 is 0. The van der Waals surface area contributed by atoms with Gasteiger partial charge in [-0.15, -0.1) is 0 Å². The molecule has 1 amide bonds. The van der Waals surface area contributed by atoms with Crippen molar-refractivity contribution in [2.24, 2.45) is 0 Å². The lowest BCUT2D eigenvalue weighted by atomic mass is 10.1. The molecule has 4 rings (SSSR count). The molecule has 0 spiro atoms. The Labute approximate surface area is 170 Å². The zero-order valence-corrected chi connectivity index (χ0v) is 16.0. The second kappa shape index (κ2) is 8.80. The van der Waals surface area contributed by atoms with E-state index in [1.54, 1.807) is 4.90 Å². The van der Waals surface area contributed by atoms with Gasteiger partial charge in [-0.1, -0.05) is 54.6 Å². The van der Waals surface area contributed by atoms with Crippen molar-refractivity contribution in [2.75, 3.05) is 11.5 Å². The molecule has 148 valence electrons. The van der Waals surface area contributed by atoms with Crippen LogP contribution in [0.1, 0.15) is 17.5 Å². The number of carbonyl (C=O) groups excluding carboxylic acids is 1. The third-order valence-corrected chi connectivity index (χ3v) is 4.85. The van der Waals surface area contributed by atoms with E-state index in [9.17, 15) is 9.90 Å². The summed E-state index contributed by atoms with van der Waals surface area (Å²) in [6.45, 7) is 0.793. The highest BCUT2D eigenvalue weighted by Crippen LogP contribution is 2.35. The van der Waals surface area contributed by atoms with Crippen LogP contribution >= 0.6 is 0 Å². The van der Waals surface area contributed by atoms with E-state index in [1.165, 1.54) is 0 Å². The number of hydrogen-bond donors (Lipinski definition) is 1. The number of carbonyl (C=O) groups is 1. The summed E-state index contributed by atoms with van der Waals surface area (Å²) in [6.07, 6.45) is -0.406. The third-order valence-electron chi connectivity index (χ3n) is 4.85. The molecule has 0 saturated heterocycles. The molecule has 5 nitrogen and oxygen atoms in total. The van der Waals surface area contributed by atoms with Gasteiger partial charge >= 0.3 is 0 Å². The van der Waals surface area contributed by atoms with E-state index in [1.807, 2.05) is 78.9 Å². The Kier molecular flexibility index (Phi) is 5.77. The first kappa shape index (κ1) is 19.0. The Morgan fingerprint density at radius 3 is 2.52 bits per heavy atom. The number of amides is 1. The van der Waals surface area contributed by atoms with E-state index in [2.05, 4.69) is 0 Å². The lowest BCUT2D eigenvalue weighted by molar-refractivity contribution is -0.127. The second-order valence-corrected chi connectivity index (χ2v) is 6.93. The number of para-hydroxylation sites is 2. The van der Waals surface area contributed by atoms with Crippen LogP contribution in [0, 0.1) is 0 Å². The molecule has 5 heteroatoms. The standard InChI is InChI=1S/C24H23NO4/c26-14-13-23-24(27)25(21-11-4-5-12-22(21)29-23)16-19-9-6-10-20(15-19)28-17-18-7-2-1-3-8-18/h1-12,15,23,26H,13-14,16-17H2. The van der Waals surface area contributed by atoms with E-state index in [4.69, 9.17) is 9.47 Å². The highest BCUT2D eigenvalue weighted by atomic mass is 16.5. The molecule has 0 saturated carbocycles. The van der Waals surface area contributed by atoms with Crippen molar-refractivity contribution in [1.82, 2.24) is 0 Å². The van der Waals surface area contributed by atoms with Crippen molar-refractivity contribution >= 4 is 11.6 Å². The summed E-state index contributed by atoms with van der Waals surface area (Å²) in [4.78, 5) is 14.7. The first-order valence-electron chi connectivity index (χ1n) is 9.68. The van der Waals surface area contributed by atoms with Crippen LogP contribution < -0.4 is 14.4 Å². The topological polar surface area (TPSA) is 59.0 Å². The Hall–Kier alpha value is -3.31. The molecule has 1 aliphatic heterocycles. The highest BCUT2D eigenvalue weighted by Gasteiger charge is 2.33. The first-order valence-corrected chi connectivity index (χ1v) is 9.68. The van der Waals surface area contributed by atoms with Crippen molar-refractivity contribution in [3.05, 3.63) is 90.0 Å². The Morgan fingerprint density at radius 1 is 0.931 bits per heavy atom. The van der Waals surface area contributed by atoms with Crippen LogP contribution in [0.2, 0.25) is 0 Å². The minimum absolute atomic E-state index is 0.102. The fraction of sp³-hybridized carbons (Fsp3) is 0.208. The lowest BCUT2D eigenvalue weighted by Gasteiger charge is -2.34. The molecule has 1 N–H and O–H groups in total. The van der Waals surface area contributed by atoms with E-state index in [0.717, 1.165) is 22.6 Å². The Bertz CT molecular complexity index is 973. The molecule has 1 heterocycles. The van der Waals surface area contributed by atoms with Gasteiger partial charge < -0.3 is 19.5 Å². The van der Waals surface area contributed by atoms with Gasteiger partial charge in [-0.3, -0.25) is 4.79 Å². The summed E-state index contributed by atoms with van der Waals surface area (Å²) in [7, 11) is 0. The van der Waals surface area contributed by atoms with Gasteiger partial charge in [-0.2, -0.15) is 0 Å². The average Bonchev–Trinajstić information content (AvgIpc) is 2.76. The zero-order valence-electron chi connectivity index (χ0n) is 16.0. The maximum Gasteiger partial charge on any atom is 0.268 e. The van der Waals surface area contributed by atoms with Gasteiger partial charge in [-0.25, -0.2) is 0 Å². The van der Waals surface area contributed by atoms with Crippen LogP contribution in [0.15, 0.2) is 78.9 Å². The van der Waals surface area contributed by atoms with Gasteiger partial charge in [0.05, 0.1) is 12.2 Å². The predicted octanol–water partition coefficient (Wildman–Crippen LogP) is 3.94. The van der Waals surface area contributed by atoms with Crippen molar-refractivity contribution in [1.29, 1.82) is 0 Å². The van der Waals surface area contributed by atoms with Crippen LogP contribution in [-0.4, -0.2) is 23.7 Å². The van der Waals surface area contributed by atoms with Crippen LogP contribution in [0.4, 0.5) is 5.69 Å². The van der Waals surface area contributed by atoms with Crippen LogP contribution in [0.5, 0.6) is 11.5 Å². The van der Waals surface area contributed by atoms with E-state index in [-0.39, 0.29) is 18.9 Å². The Morgan fingerprint density at radius 2 is 1.69 bits per heavy atom. The lowest BCUT2D eigenvalue weighted by Crippen LogP contribution is -2.45. The van der Waals surface area contributed by atoms with Crippen LogP contribution in [0.3, 0.4) is 0 Å². The fourth-order valence-corrected chi connectivity index (χ4v) is 3.40. The molecular weight excluding hydrogens is 366 g/mol. The summed E-state index contributed by atoms with van der Waals surface area (Å²) in [5, 5.41) is 9.28. The maximum absolute atomic E-state index is 12.9. The molecule has 1 aliphatic rings. The number of aliphatic hydroxyl groups excluding tert-OH is 1. The quantitative estimate of drug-likeness (QED) is 0.665. The van der Waals surface area contributed by atoms with E-state index in [0.29, 0.717) is 18.9 Å². The summed E-state index contributed by atoms with van der Waals surface area (Å²) in [6, 6.07) is 25.2. The molecule has 0 bridgehead atoms. The molecule has 1 atom stereocenters. The number of nitrogens with zero attached hydrogens (tertiary/aromatic N) is 1. The molecule has 0 aromatic heterocycles. The third kappa shape index (κ3) is 4.41. The molecule has 0 radical (unpaired) electrons. The summed E-state index contributed by atoms with van der Waals surface area (Å²) in [5.74, 6) is 1.27. The zero-order chi connectivity index (χ0) is 20.1. The summed E-state index contributed by atoms with van der Waals surface area (Å²) < 4.78 is 11.7. The number of aliphatic hydroxyl groups is 1.